The molecule has 1 rings (SSSR count). The first-order chi connectivity index (χ1) is 6.73. The van der Waals surface area contributed by atoms with Gasteiger partial charge in [0, 0.05) is 11.7 Å². The third kappa shape index (κ3) is 2.59. The molecular weight excluding hydrogens is 186 g/mol. The van der Waals surface area contributed by atoms with Gasteiger partial charge in [0.25, 0.3) is 0 Å². The molecule has 0 aliphatic carbocycles. The van der Waals surface area contributed by atoms with Crippen LogP contribution in [0.25, 0.3) is 0 Å². The number of aryl methyl sites for hydroxylation is 1. The van der Waals surface area contributed by atoms with E-state index in [0.717, 1.165) is 12.1 Å². The molecule has 0 aromatic carbocycles. The molecule has 2 N–H and O–H groups in total. The Balaban J connectivity index is 3.15. The number of hydrogen-bond acceptors (Lipinski definition) is 2. The highest BCUT2D eigenvalue weighted by atomic mass is 15.3. The lowest BCUT2D eigenvalue weighted by atomic mass is 10.0. The van der Waals surface area contributed by atoms with Crippen molar-refractivity contribution in [2.45, 2.75) is 59.5 Å². The number of nitrogens with zero attached hydrogens (tertiary/aromatic N) is 2. The second kappa shape index (κ2) is 3.97. The number of hydrogen-bond donors (Lipinski definition) is 1. The van der Waals surface area contributed by atoms with Gasteiger partial charge in [0.1, 0.15) is 0 Å². The van der Waals surface area contributed by atoms with Gasteiger partial charge in [0.15, 0.2) is 0 Å². The largest absolute Gasteiger partial charge is 0.328 e. The molecule has 15 heavy (non-hydrogen) atoms. The van der Waals surface area contributed by atoms with Crippen LogP contribution in [0.5, 0.6) is 0 Å². The van der Waals surface area contributed by atoms with Crippen molar-refractivity contribution < 1.29 is 0 Å². The van der Waals surface area contributed by atoms with Gasteiger partial charge in [-0.15, -0.1) is 0 Å². The highest BCUT2D eigenvalue weighted by molar-refractivity contribution is 5.26. The molecule has 1 heterocycles. The SMILES string of the molecule is Cc1nn(C(C)(C)C)c(C)c1CC(C)N. The number of aromatic nitrogens is 2. The van der Waals surface area contributed by atoms with Crippen LogP contribution in [0.15, 0.2) is 0 Å². The van der Waals surface area contributed by atoms with Crippen molar-refractivity contribution >= 4 is 0 Å². The molecule has 0 spiro atoms. The molecule has 0 bridgehead atoms. The second-order valence-corrected chi connectivity index (χ2v) is 5.41. The summed E-state index contributed by atoms with van der Waals surface area (Å²) >= 11 is 0. The van der Waals surface area contributed by atoms with Crippen molar-refractivity contribution in [2.75, 3.05) is 0 Å². The monoisotopic (exact) mass is 209 g/mol. The molecular formula is C12H23N3. The minimum Gasteiger partial charge on any atom is -0.328 e. The molecule has 1 aromatic heterocycles. The van der Waals surface area contributed by atoms with Crippen molar-refractivity contribution in [3.8, 4) is 0 Å². The maximum absolute atomic E-state index is 5.84. The molecule has 0 aliphatic heterocycles. The lowest BCUT2D eigenvalue weighted by Gasteiger charge is -2.21. The molecule has 0 saturated carbocycles. The van der Waals surface area contributed by atoms with Crippen LogP contribution in [-0.4, -0.2) is 15.8 Å². The van der Waals surface area contributed by atoms with Crippen LogP contribution >= 0.6 is 0 Å². The van der Waals surface area contributed by atoms with Gasteiger partial charge in [0.05, 0.1) is 11.2 Å². The van der Waals surface area contributed by atoms with Gasteiger partial charge >= 0.3 is 0 Å². The van der Waals surface area contributed by atoms with Gasteiger partial charge in [-0.25, -0.2) is 0 Å². The fourth-order valence-electron chi connectivity index (χ4n) is 1.95. The van der Waals surface area contributed by atoms with E-state index in [1.807, 2.05) is 6.92 Å². The maximum atomic E-state index is 5.84. The Morgan fingerprint density at radius 3 is 2.20 bits per heavy atom. The van der Waals surface area contributed by atoms with Crippen molar-refractivity contribution in [1.82, 2.24) is 9.78 Å². The first-order valence-electron chi connectivity index (χ1n) is 5.54. The van der Waals surface area contributed by atoms with Crippen LogP contribution in [0, 0.1) is 13.8 Å². The maximum Gasteiger partial charge on any atom is 0.0629 e. The van der Waals surface area contributed by atoms with Gasteiger partial charge in [-0.2, -0.15) is 5.10 Å². The first-order valence-corrected chi connectivity index (χ1v) is 5.54. The van der Waals surface area contributed by atoms with Gasteiger partial charge in [0.2, 0.25) is 0 Å². The van der Waals surface area contributed by atoms with Crippen LogP contribution in [0.2, 0.25) is 0 Å². The van der Waals surface area contributed by atoms with Gasteiger partial charge in [-0.3, -0.25) is 4.68 Å². The molecule has 0 fully saturated rings. The van der Waals surface area contributed by atoms with Crippen LogP contribution in [0.3, 0.4) is 0 Å². The number of nitrogens with two attached hydrogens (primary N) is 1. The van der Waals surface area contributed by atoms with E-state index in [1.54, 1.807) is 0 Å². The molecule has 0 saturated heterocycles. The van der Waals surface area contributed by atoms with Crippen LogP contribution < -0.4 is 5.73 Å². The average molecular weight is 209 g/mol. The summed E-state index contributed by atoms with van der Waals surface area (Å²) in [5, 5.41) is 4.60. The van der Waals surface area contributed by atoms with Crippen LogP contribution in [-0.2, 0) is 12.0 Å². The van der Waals surface area contributed by atoms with Gasteiger partial charge in [-0.05, 0) is 53.5 Å². The van der Waals surface area contributed by atoms with E-state index in [2.05, 4.69) is 44.4 Å². The first kappa shape index (κ1) is 12.2. The van der Waals surface area contributed by atoms with Crippen LogP contribution in [0.1, 0.15) is 44.6 Å². The molecule has 0 aliphatic rings. The smallest absolute Gasteiger partial charge is 0.0629 e. The van der Waals surface area contributed by atoms with E-state index in [4.69, 9.17) is 5.73 Å². The summed E-state index contributed by atoms with van der Waals surface area (Å²) in [4.78, 5) is 0. The molecule has 0 amide bonds. The van der Waals surface area contributed by atoms with E-state index in [1.165, 1.54) is 11.3 Å². The van der Waals surface area contributed by atoms with E-state index < -0.39 is 0 Å². The van der Waals surface area contributed by atoms with Crippen molar-refractivity contribution in [2.24, 2.45) is 5.73 Å². The molecule has 1 atom stereocenters. The summed E-state index contributed by atoms with van der Waals surface area (Å²) in [5.41, 5.74) is 9.55. The molecule has 1 aromatic rings. The summed E-state index contributed by atoms with van der Waals surface area (Å²) in [6.07, 6.45) is 0.910. The van der Waals surface area contributed by atoms with Crippen molar-refractivity contribution in [3.63, 3.8) is 0 Å². The number of rotatable bonds is 2. The summed E-state index contributed by atoms with van der Waals surface area (Å²) in [5.74, 6) is 0. The van der Waals surface area contributed by atoms with Crippen molar-refractivity contribution in [3.05, 3.63) is 17.0 Å². The molecule has 1 unspecified atom stereocenters. The average Bonchev–Trinajstić information content (AvgIpc) is 2.30. The zero-order valence-corrected chi connectivity index (χ0v) is 10.8. The summed E-state index contributed by atoms with van der Waals surface area (Å²) < 4.78 is 2.10. The fourth-order valence-corrected chi connectivity index (χ4v) is 1.95. The highest BCUT2D eigenvalue weighted by Crippen LogP contribution is 2.21. The Morgan fingerprint density at radius 1 is 1.33 bits per heavy atom. The van der Waals surface area contributed by atoms with E-state index in [9.17, 15) is 0 Å². The summed E-state index contributed by atoms with van der Waals surface area (Å²) in [6, 6.07) is 0.194. The topological polar surface area (TPSA) is 43.8 Å². The van der Waals surface area contributed by atoms with Gasteiger partial charge in [-0.1, -0.05) is 0 Å². The highest BCUT2D eigenvalue weighted by Gasteiger charge is 2.20. The third-order valence-electron chi connectivity index (χ3n) is 2.60. The Labute approximate surface area is 92.7 Å². The predicted octanol–water partition coefficient (Wildman–Crippen LogP) is 2.14. The Kier molecular flexibility index (Phi) is 3.24. The normalized spacial score (nSPS) is 14.3. The molecule has 86 valence electrons. The third-order valence-corrected chi connectivity index (χ3v) is 2.60. The van der Waals surface area contributed by atoms with Gasteiger partial charge < -0.3 is 5.73 Å². The second-order valence-electron chi connectivity index (χ2n) is 5.41. The lowest BCUT2D eigenvalue weighted by Crippen LogP contribution is -2.25. The molecule has 3 heteroatoms. The summed E-state index contributed by atoms with van der Waals surface area (Å²) in [6.45, 7) is 12.7. The minimum absolute atomic E-state index is 0.0466. The lowest BCUT2D eigenvalue weighted by molar-refractivity contribution is 0.346. The van der Waals surface area contributed by atoms with Crippen molar-refractivity contribution in [1.29, 1.82) is 0 Å². The zero-order chi connectivity index (χ0) is 11.8. The van der Waals surface area contributed by atoms with Crippen LogP contribution in [0.4, 0.5) is 0 Å². The quantitative estimate of drug-likeness (QED) is 0.811. The van der Waals surface area contributed by atoms with E-state index in [0.29, 0.717) is 0 Å². The zero-order valence-electron chi connectivity index (χ0n) is 10.8. The summed E-state index contributed by atoms with van der Waals surface area (Å²) in [7, 11) is 0. The van der Waals surface area contributed by atoms with E-state index >= 15 is 0 Å². The minimum atomic E-state index is 0.0466. The predicted molar refractivity (Wildman–Crippen MR) is 64.1 cm³/mol. The van der Waals surface area contributed by atoms with E-state index in [-0.39, 0.29) is 11.6 Å². The standard InChI is InChI=1S/C12H23N3/c1-8(13)7-11-9(2)14-15(10(11)3)12(4,5)6/h8H,7,13H2,1-6H3. The Bertz CT molecular complexity index is 342. The molecule has 3 nitrogen and oxygen atoms in total. The fraction of sp³-hybridized carbons (Fsp3) is 0.750. The molecule has 0 radical (unpaired) electrons. The Morgan fingerprint density at radius 2 is 1.87 bits per heavy atom. The Hall–Kier alpha value is -0.830.